The van der Waals surface area contributed by atoms with E-state index in [4.69, 9.17) is 16.2 Å². The largest absolute Gasteiger partial charge is 0.461 e. The fourth-order valence-corrected chi connectivity index (χ4v) is 2.13. The fraction of sp³-hybridized carbons (Fsp3) is 0.167. The highest BCUT2D eigenvalue weighted by molar-refractivity contribution is 6.15. The van der Waals surface area contributed by atoms with E-state index in [-0.39, 0.29) is 12.5 Å². The van der Waals surface area contributed by atoms with Gasteiger partial charge in [-0.3, -0.25) is 0 Å². The third-order valence-corrected chi connectivity index (χ3v) is 3.40. The second-order valence-electron chi connectivity index (χ2n) is 5.28. The van der Waals surface area contributed by atoms with Gasteiger partial charge in [-0.2, -0.15) is 0 Å². The number of carbonyl (C=O) groups is 1. The highest BCUT2D eigenvalue weighted by atomic mass is 16.5. The van der Waals surface area contributed by atoms with Crippen LogP contribution in [0.15, 0.2) is 55.1 Å². The zero-order valence-corrected chi connectivity index (χ0v) is 12.6. The molecule has 0 bridgehead atoms. The Morgan fingerprint density at radius 3 is 2.32 bits per heavy atom. The Balaban J connectivity index is 1.97. The minimum Gasteiger partial charge on any atom is -0.461 e. The third-order valence-electron chi connectivity index (χ3n) is 3.40. The Hall–Kier alpha value is -2.75. The van der Waals surface area contributed by atoms with Gasteiger partial charge < -0.3 is 16.2 Å². The summed E-state index contributed by atoms with van der Waals surface area (Å²) in [6.45, 7) is 5.98. The van der Waals surface area contributed by atoms with Gasteiger partial charge in [-0.15, -0.1) is 0 Å². The van der Waals surface area contributed by atoms with Crippen LogP contribution in [0.4, 0.5) is 11.4 Å². The minimum absolute atomic E-state index is 0.00155. The van der Waals surface area contributed by atoms with Crippen LogP contribution in [0.2, 0.25) is 0 Å². The fourth-order valence-electron chi connectivity index (χ4n) is 2.13. The standard InChI is InChI=1S/C18H20N2O2/c1-12(15-8-16(19)10-17(20)9-15)11-22-18(21)13(2)14-6-4-3-5-7-14/h3-10,12H,2,11,19-20H2,1H3. The van der Waals surface area contributed by atoms with Crippen molar-refractivity contribution in [1.29, 1.82) is 0 Å². The molecule has 0 amide bonds. The Bertz CT molecular complexity index is 660. The van der Waals surface area contributed by atoms with Crippen LogP contribution < -0.4 is 11.5 Å². The highest BCUT2D eigenvalue weighted by Gasteiger charge is 2.14. The molecule has 114 valence electrons. The summed E-state index contributed by atoms with van der Waals surface area (Å²) < 4.78 is 5.33. The zero-order valence-electron chi connectivity index (χ0n) is 12.6. The van der Waals surface area contributed by atoms with Gasteiger partial charge in [0, 0.05) is 17.3 Å². The normalized spacial score (nSPS) is 11.7. The van der Waals surface area contributed by atoms with Crippen molar-refractivity contribution in [2.75, 3.05) is 18.1 Å². The number of carbonyl (C=O) groups excluding carboxylic acids is 1. The highest BCUT2D eigenvalue weighted by Crippen LogP contribution is 2.22. The van der Waals surface area contributed by atoms with Crippen LogP contribution in [0.1, 0.15) is 24.0 Å². The van der Waals surface area contributed by atoms with Gasteiger partial charge in [0.2, 0.25) is 0 Å². The van der Waals surface area contributed by atoms with Gasteiger partial charge in [0.25, 0.3) is 0 Å². The molecule has 4 N–H and O–H groups in total. The molecule has 4 heteroatoms. The average molecular weight is 296 g/mol. The van der Waals surface area contributed by atoms with Crippen molar-refractivity contribution >= 4 is 22.9 Å². The summed E-state index contributed by atoms with van der Waals surface area (Å²) in [6, 6.07) is 14.6. The summed E-state index contributed by atoms with van der Waals surface area (Å²) in [5.74, 6) is -0.423. The minimum atomic E-state index is -0.421. The predicted octanol–water partition coefficient (Wildman–Crippen LogP) is 3.21. The molecule has 2 rings (SSSR count). The number of benzene rings is 2. The number of nitrogens with two attached hydrogens (primary N) is 2. The topological polar surface area (TPSA) is 78.3 Å². The lowest BCUT2D eigenvalue weighted by Crippen LogP contribution is -2.12. The van der Waals surface area contributed by atoms with Crippen molar-refractivity contribution in [3.63, 3.8) is 0 Å². The smallest absolute Gasteiger partial charge is 0.338 e. The van der Waals surface area contributed by atoms with Crippen molar-refractivity contribution in [1.82, 2.24) is 0 Å². The summed E-state index contributed by atoms with van der Waals surface area (Å²) >= 11 is 0. The first-order chi connectivity index (χ1) is 10.5. The van der Waals surface area contributed by atoms with Gasteiger partial charge in [0.15, 0.2) is 0 Å². The van der Waals surface area contributed by atoms with Crippen molar-refractivity contribution in [2.24, 2.45) is 0 Å². The van der Waals surface area contributed by atoms with Crippen molar-refractivity contribution < 1.29 is 9.53 Å². The molecule has 0 saturated carbocycles. The summed E-state index contributed by atoms with van der Waals surface area (Å²) in [4.78, 5) is 12.0. The van der Waals surface area contributed by atoms with Crippen molar-refractivity contribution in [3.05, 3.63) is 66.2 Å². The Labute approximate surface area is 130 Å². The summed E-state index contributed by atoms with van der Waals surface area (Å²) in [5, 5.41) is 0. The maximum atomic E-state index is 12.0. The zero-order chi connectivity index (χ0) is 16.1. The number of rotatable bonds is 5. The molecule has 0 aromatic heterocycles. The van der Waals surface area contributed by atoms with E-state index in [1.54, 1.807) is 6.07 Å². The van der Waals surface area contributed by atoms with E-state index in [1.165, 1.54) is 0 Å². The number of esters is 1. The Morgan fingerprint density at radius 1 is 1.14 bits per heavy atom. The molecule has 0 aliphatic carbocycles. The Morgan fingerprint density at radius 2 is 1.73 bits per heavy atom. The van der Waals surface area contributed by atoms with Gasteiger partial charge in [-0.05, 0) is 29.3 Å². The average Bonchev–Trinajstić information content (AvgIpc) is 2.51. The molecule has 0 aliphatic heterocycles. The van der Waals surface area contributed by atoms with E-state index < -0.39 is 5.97 Å². The molecule has 0 fully saturated rings. The molecule has 0 saturated heterocycles. The maximum absolute atomic E-state index is 12.0. The van der Waals surface area contributed by atoms with E-state index in [0.717, 1.165) is 11.1 Å². The lowest BCUT2D eigenvalue weighted by Gasteiger charge is -2.14. The van der Waals surface area contributed by atoms with Crippen molar-refractivity contribution in [3.8, 4) is 0 Å². The second-order valence-corrected chi connectivity index (χ2v) is 5.28. The number of nitrogen functional groups attached to an aromatic ring is 2. The third kappa shape index (κ3) is 3.88. The second kappa shape index (κ2) is 6.80. The molecule has 0 radical (unpaired) electrons. The molecule has 22 heavy (non-hydrogen) atoms. The summed E-state index contributed by atoms with van der Waals surface area (Å²) in [5.41, 5.74) is 14.8. The molecule has 1 unspecified atom stereocenters. The number of ether oxygens (including phenoxy) is 1. The number of hydrogen-bond acceptors (Lipinski definition) is 4. The number of hydrogen-bond donors (Lipinski definition) is 2. The SMILES string of the molecule is C=C(C(=O)OCC(C)c1cc(N)cc(N)c1)c1ccccc1. The van der Waals surface area contributed by atoms with Crippen LogP contribution in [-0.2, 0) is 9.53 Å². The maximum Gasteiger partial charge on any atom is 0.338 e. The molecule has 1 atom stereocenters. The van der Waals surface area contributed by atoms with Crippen LogP contribution in [0.25, 0.3) is 5.57 Å². The van der Waals surface area contributed by atoms with Gasteiger partial charge in [0.05, 0.1) is 12.2 Å². The monoisotopic (exact) mass is 296 g/mol. The van der Waals surface area contributed by atoms with E-state index >= 15 is 0 Å². The molecule has 2 aromatic carbocycles. The molecule has 4 nitrogen and oxygen atoms in total. The quantitative estimate of drug-likeness (QED) is 0.504. The van der Waals surface area contributed by atoms with Crippen LogP contribution in [-0.4, -0.2) is 12.6 Å². The summed E-state index contributed by atoms with van der Waals surface area (Å²) in [6.07, 6.45) is 0. The summed E-state index contributed by atoms with van der Waals surface area (Å²) in [7, 11) is 0. The predicted molar refractivity (Wildman–Crippen MR) is 90.1 cm³/mol. The van der Waals surface area contributed by atoms with E-state index in [2.05, 4.69) is 6.58 Å². The van der Waals surface area contributed by atoms with Crippen LogP contribution >= 0.6 is 0 Å². The van der Waals surface area contributed by atoms with Gasteiger partial charge in [-0.1, -0.05) is 43.8 Å². The molecular formula is C18H20N2O2. The molecular weight excluding hydrogens is 276 g/mol. The van der Waals surface area contributed by atoms with Crippen LogP contribution in [0.5, 0.6) is 0 Å². The van der Waals surface area contributed by atoms with Crippen molar-refractivity contribution in [2.45, 2.75) is 12.8 Å². The first-order valence-electron chi connectivity index (χ1n) is 7.04. The molecule has 0 heterocycles. The van der Waals surface area contributed by atoms with E-state index in [1.807, 2.05) is 49.4 Å². The Kier molecular flexibility index (Phi) is 4.84. The van der Waals surface area contributed by atoms with Crippen LogP contribution in [0.3, 0.4) is 0 Å². The lowest BCUT2D eigenvalue weighted by molar-refractivity contribution is -0.137. The van der Waals surface area contributed by atoms with Gasteiger partial charge in [0.1, 0.15) is 0 Å². The first kappa shape index (κ1) is 15.6. The van der Waals surface area contributed by atoms with E-state index in [0.29, 0.717) is 16.9 Å². The van der Waals surface area contributed by atoms with Crippen LogP contribution in [0, 0.1) is 0 Å². The van der Waals surface area contributed by atoms with Gasteiger partial charge in [-0.25, -0.2) is 4.79 Å². The lowest BCUT2D eigenvalue weighted by atomic mass is 10.0. The van der Waals surface area contributed by atoms with E-state index in [9.17, 15) is 4.79 Å². The van der Waals surface area contributed by atoms with Gasteiger partial charge >= 0.3 is 5.97 Å². The first-order valence-corrected chi connectivity index (χ1v) is 7.04. The molecule has 0 aliphatic rings. The number of anilines is 2. The molecule has 0 spiro atoms. The molecule has 2 aromatic rings.